The van der Waals surface area contributed by atoms with Crippen molar-refractivity contribution in [2.45, 2.75) is 45.5 Å². The summed E-state index contributed by atoms with van der Waals surface area (Å²) in [6, 6.07) is 5.07. The summed E-state index contributed by atoms with van der Waals surface area (Å²) >= 11 is 6.22. The normalized spacial score (nSPS) is 15.7. The molecule has 0 radical (unpaired) electrons. The Morgan fingerprint density at radius 1 is 1.19 bits per heavy atom. The minimum Gasteiger partial charge on any atom is -0.346 e. The summed E-state index contributed by atoms with van der Waals surface area (Å²) in [4.78, 5) is 14.5. The topological polar surface area (TPSA) is 71.4 Å². The molecule has 176 valence electrons. The predicted molar refractivity (Wildman–Crippen MR) is 116 cm³/mol. The molecule has 1 fully saturated rings. The zero-order valence-electron chi connectivity index (χ0n) is 17.6. The number of halogens is 4. The molecule has 6 nitrogen and oxygen atoms in total. The van der Waals surface area contributed by atoms with E-state index in [1.54, 1.807) is 0 Å². The zero-order valence-corrected chi connectivity index (χ0v) is 19.2. The van der Waals surface area contributed by atoms with Crippen LogP contribution in [0.15, 0.2) is 30.5 Å². The molecule has 1 aliphatic heterocycles. The third-order valence-electron chi connectivity index (χ3n) is 5.48. The minimum atomic E-state index is -4.67. The molecule has 2 heterocycles. The molecule has 1 aromatic heterocycles. The van der Waals surface area contributed by atoms with Gasteiger partial charge in [0, 0.05) is 23.3 Å². The van der Waals surface area contributed by atoms with Crippen molar-refractivity contribution in [2.75, 3.05) is 18.8 Å². The number of hydrogen-bond acceptors (Lipinski definition) is 4. The van der Waals surface area contributed by atoms with Crippen LogP contribution in [0.25, 0.3) is 0 Å². The Morgan fingerprint density at radius 3 is 2.50 bits per heavy atom. The van der Waals surface area contributed by atoms with Gasteiger partial charge < -0.3 is 5.32 Å². The Balaban J connectivity index is 1.83. The van der Waals surface area contributed by atoms with Crippen LogP contribution in [-0.2, 0) is 29.3 Å². The Morgan fingerprint density at radius 2 is 1.88 bits per heavy atom. The highest BCUT2D eigenvalue weighted by Crippen LogP contribution is 2.37. The number of hydrogen-bond donors (Lipinski definition) is 1. The monoisotopic (exact) mass is 491 g/mol. The summed E-state index contributed by atoms with van der Waals surface area (Å²) in [5.41, 5.74) is -0.913. The number of nitrogens with zero attached hydrogens (tertiary/aromatic N) is 2. The second-order valence-electron chi connectivity index (χ2n) is 7.70. The van der Waals surface area contributed by atoms with Gasteiger partial charge in [0.15, 0.2) is 0 Å². The molecule has 1 saturated heterocycles. The number of alkyl halides is 3. The molecule has 3 rings (SSSR count). The fourth-order valence-electron chi connectivity index (χ4n) is 3.74. The number of likely N-dealkylation sites (tertiary alicyclic amines) is 1. The average molecular weight is 492 g/mol. The van der Waals surface area contributed by atoms with Crippen LogP contribution in [0.5, 0.6) is 0 Å². The van der Waals surface area contributed by atoms with Gasteiger partial charge in [0.25, 0.3) is 5.91 Å². The van der Waals surface area contributed by atoms with Gasteiger partial charge in [-0.25, -0.2) is 12.4 Å². The third-order valence-corrected chi connectivity index (χ3v) is 7.50. The van der Waals surface area contributed by atoms with Crippen LogP contribution in [0.1, 0.15) is 53.4 Å². The van der Waals surface area contributed by atoms with E-state index in [1.165, 1.54) is 31.3 Å². The number of carbonyl (C=O) groups is 1. The van der Waals surface area contributed by atoms with Gasteiger partial charge in [-0.2, -0.15) is 13.2 Å². The van der Waals surface area contributed by atoms with E-state index in [0.29, 0.717) is 18.8 Å². The first kappa shape index (κ1) is 24.6. The number of nitrogens with one attached hydrogen (secondary N) is 1. The molecule has 0 aliphatic carbocycles. The van der Waals surface area contributed by atoms with E-state index in [-0.39, 0.29) is 35.0 Å². The third kappa shape index (κ3) is 5.65. The van der Waals surface area contributed by atoms with Crippen LogP contribution in [0, 0.1) is 0 Å². The summed E-state index contributed by atoms with van der Waals surface area (Å²) in [5, 5.41) is 2.37. The fourth-order valence-corrected chi connectivity index (χ4v) is 5.04. The Kier molecular flexibility index (Phi) is 7.57. The first-order valence-corrected chi connectivity index (χ1v) is 12.3. The van der Waals surface area contributed by atoms with Gasteiger partial charge in [0.05, 0.1) is 23.6 Å². The van der Waals surface area contributed by atoms with E-state index in [1.807, 2.05) is 4.90 Å². The van der Waals surface area contributed by atoms with Gasteiger partial charge in [0.2, 0.25) is 10.0 Å². The Bertz CT molecular complexity index is 1080. The molecule has 2 aromatic rings. The standard InChI is InChI=1S/C21H25ClF3N3O3S/c1-2-32(30,31)28-10-6-7-16(28)13-26-20(29)15-11-18(21(23,24)25)17(19(22)12-15)14-27-8-4-3-5-9-27/h6-7,10-12H,2-5,8-9,13-14H2,1H3,(H,26,29). The lowest BCUT2D eigenvalue weighted by Crippen LogP contribution is -2.31. The van der Waals surface area contributed by atoms with Crippen LogP contribution in [0.3, 0.4) is 0 Å². The van der Waals surface area contributed by atoms with Crippen molar-refractivity contribution in [3.8, 4) is 0 Å². The molecule has 1 aromatic carbocycles. The lowest BCUT2D eigenvalue weighted by Gasteiger charge is -2.28. The van der Waals surface area contributed by atoms with E-state index in [2.05, 4.69) is 5.32 Å². The second kappa shape index (κ2) is 9.84. The highest BCUT2D eigenvalue weighted by molar-refractivity contribution is 7.89. The summed E-state index contributed by atoms with van der Waals surface area (Å²) in [6.07, 6.45) is -0.411. The quantitative estimate of drug-likeness (QED) is 0.627. The van der Waals surface area contributed by atoms with E-state index >= 15 is 0 Å². The smallest absolute Gasteiger partial charge is 0.346 e. The van der Waals surface area contributed by atoms with Crippen LogP contribution in [-0.4, -0.2) is 42.0 Å². The number of carbonyl (C=O) groups excluding carboxylic acids is 1. The zero-order chi connectivity index (χ0) is 23.5. The highest BCUT2D eigenvalue weighted by Gasteiger charge is 2.36. The van der Waals surface area contributed by atoms with Crippen molar-refractivity contribution in [2.24, 2.45) is 0 Å². The molecule has 0 bridgehead atoms. The minimum absolute atomic E-state index is 0.0412. The van der Waals surface area contributed by atoms with Crippen molar-refractivity contribution < 1.29 is 26.4 Å². The van der Waals surface area contributed by atoms with Crippen molar-refractivity contribution in [3.05, 3.63) is 57.9 Å². The number of aromatic nitrogens is 1. The highest BCUT2D eigenvalue weighted by atomic mass is 35.5. The van der Waals surface area contributed by atoms with Crippen LogP contribution in [0.2, 0.25) is 5.02 Å². The molecule has 1 N–H and O–H groups in total. The van der Waals surface area contributed by atoms with Crippen molar-refractivity contribution in [3.63, 3.8) is 0 Å². The lowest BCUT2D eigenvalue weighted by molar-refractivity contribution is -0.138. The first-order chi connectivity index (χ1) is 15.0. The maximum absolute atomic E-state index is 13.8. The number of benzene rings is 1. The fraction of sp³-hybridized carbons (Fsp3) is 0.476. The molecule has 1 amide bonds. The Hall–Kier alpha value is -2.04. The van der Waals surface area contributed by atoms with E-state index in [0.717, 1.165) is 29.3 Å². The van der Waals surface area contributed by atoms with Gasteiger partial charge >= 0.3 is 6.18 Å². The SMILES string of the molecule is CCS(=O)(=O)n1cccc1CNC(=O)c1cc(Cl)c(CN2CCCCC2)c(C(F)(F)F)c1. The van der Waals surface area contributed by atoms with Gasteiger partial charge in [0.1, 0.15) is 0 Å². The van der Waals surface area contributed by atoms with Crippen LogP contribution in [0.4, 0.5) is 13.2 Å². The van der Waals surface area contributed by atoms with Crippen molar-refractivity contribution in [1.29, 1.82) is 0 Å². The predicted octanol–water partition coefficient (Wildman–Crippen LogP) is 4.27. The van der Waals surface area contributed by atoms with Gasteiger partial charge in [-0.1, -0.05) is 18.0 Å². The molecule has 0 spiro atoms. The lowest BCUT2D eigenvalue weighted by atomic mass is 10.0. The molecule has 0 saturated carbocycles. The number of amides is 1. The van der Waals surface area contributed by atoms with Crippen LogP contribution < -0.4 is 5.32 Å². The van der Waals surface area contributed by atoms with E-state index < -0.39 is 27.7 Å². The van der Waals surface area contributed by atoms with Crippen molar-refractivity contribution >= 4 is 27.5 Å². The van der Waals surface area contributed by atoms with Crippen molar-refractivity contribution in [1.82, 2.24) is 14.2 Å². The molecule has 32 heavy (non-hydrogen) atoms. The first-order valence-electron chi connectivity index (χ1n) is 10.3. The van der Waals surface area contributed by atoms with Gasteiger partial charge in [-0.05, 0) is 62.7 Å². The molecular weight excluding hydrogens is 467 g/mol. The second-order valence-corrected chi connectivity index (χ2v) is 10.2. The summed E-state index contributed by atoms with van der Waals surface area (Å²) < 4.78 is 66.6. The molecule has 1 aliphatic rings. The number of rotatable bonds is 7. The summed E-state index contributed by atoms with van der Waals surface area (Å²) in [5.74, 6) is -0.908. The molecule has 0 unspecified atom stereocenters. The van der Waals surface area contributed by atoms with E-state index in [9.17, 15) is 26.4 Å². The van der Waals surface area contributed by atoms with E-state index in [4.69, 9.17) is 11.6 Å². The van der Waals surface area contributed by atoms with Gasteiger partial charge in [-0.15, -0.1) is 0 Å². The van der Waals surface area contributed by atoms with Gasteiger partial charge in [-0.3, -0.25) is 9.69 Å². The molecule has 0 atom stereocenters. The Labute approximate surface area is 190 Å². The molecule has 11 heteroatoms. The summed E-state index contributed by atoms with van der Waals surface area (Å²) in [6.45, 7) is 2.80. The van der Waals surface area contributed by atoms with Crippen LogP contribution >= 0.6 is 11.6 Å². The molecular formula is C21H25ClF3N3O3S. The largest absolute Gasteiger partial charge is 0.416 e. The average Bonchev–Trinajstić information content (AvgIpc) is 3.23. The maximum Gasteiger partial charge on any atom is 0.416 e. The number of piperidine rings is 1. The maximum atomic E-state index is 13.8. The summed E-state index contributed by atoms with van der Waals surface area (Å²) in [7, 11) is -3.56.